The molecule has 6 nitrogen and oxygen atoms in total. The van der Waals surface area contributed by atoms with Gasteiger partial charge in [0.2, 0.25) is 5.88 Å². The Kier molecular flexibility index (Phi) is 4.82. The summed E-state index contributed by atoms with van der Waals surface area (Å²) in [7, 11) is 1.59. The predicted octanol–water partition coefficient (Wildman–Crippen LogP) is 3.16. The lowest BCUT2D eigenvalue weighted by Crippen LogP contribution is -2.62. The summed E-state index contributed by atoms with van der Waals surface area (Å²) < 4.78 is 10.8. The molecule has 3 saturated heterocycles. The number of rotatable bonds is 5. The van der Waals surface area contributed by atoms with Crippen molar-refractivity contribution in [3.63, 3.8) is 0 Å². The average Bonchev–Trinajstić information content (AvgIpc) is 3.14. The summed E-state index contributed by atoms with van der Waals surface area (Å²) in [5.74, 6) is 1.73. The minimum atomic E-state index is -0.0156. The highest BCUT2D eigenvalue weighted by Crippen LogP contribution is 2.33. The van der Waals surface area contributed by atoms with Crippen LogP contribution in [0, 0.1) is 5.92 Å². The molecular weight excluding hydrogens is 350 g/mol. The number of hydrogen-bond acceptors (Lipinski definition) is 6. The molecule has 2 unspecified atom stereocenters. The molecule has 1 N–H and O–H groups in total. The van der Waals surface area contributed by atoms with Gasteiger partial charge in [0.1, 0.15) is 5.75 Å². The van der Waals surface area contributed by atoms with Crippen molar-refractivity contribution in [1.82, 2.24) is 15.2 Å². The molecule has 0 spiro atoms. The lowest BCUT2D eigenvalue weighted by atomic mass is 9.79. The zero-order valence-corrected chi connectivity index (χ0v) is 15.8. The van der Waals surface area contributed by atoms with Gasteiger partial charge in [-0.05, 0) is 57.0 Å². The van der Waals surface area contributed by atoms with Gasteiger partial charge < -0.3 is 14.8 Å². The molecule has 0 aromatic carbocycles. The number of fused-ring (bicyclic) bond motifs is 3. The number of methoxy groups -OCH3 is 1. The molecule has 138 valence electrons. The smallest absolute Gasteiger partial charge is 0.261 e. The molecular formula is C19H23N3O3S. The minimum absolute atomic E-state index is 0.0156. The SMILES string of the molecule is COc1ccc(Oc2ccc(C(=O)NC3C4CCN(CC4)C3C)s2)nc1. The first-order valence-corrected chi connectivity index (χ1v) is 9.78. The molecule has 2 aromatic heterocycles. The Morgan fingerprint density at radius 2 is 2.08 bits per heavy atom. The van der Waals surface area contributed by atoms with E-state index < -0.39 is 0 Å². The number of thiophene rings is 1. The van der Waals surface area contributed by atoms with Gasteiger partial charge in [-0.15, -0.1) is 0 Å². The lowest BCUT2D eigenvalue weighted by Gasteiger charge is -2.49. The normalized spacial score (nSPS) is 27.2. The molecule has 2 atom stereocenters. The number of ether oxygens (including phenoxy) is 2. The third kappa shape index (κ3) is 3.41. The Morgan fingerprint density at radius 1 is 1.27 bits per heavy atom. The van der Waals surface area contributed by atoms with Gasteiger partial charge in [0.25, 0.3) is 5.91 Å². The standard InChI is InChI=1S/C19H23N3O3S/c1-12-18(13-7-9-22(12)10-8-13)21-19(23)15-4-6-17(26-15)25-16-5-3-14(24-2)11-20-16/h3-6,11-13,18H,7-10H2,1-2H3,(H,21,23). The van der Waals surface area contributed by atoms with Gasteiger partial charge in [-0.1, -0.05) is 11.3 Å². The van der Waals surface area contributed by atoms with E-state index >= 15 is 0 Å². The van der Waals surface area contributed by atoms with Gasteiger partial charge in [0, 0.05) is 18.2 Å². The van der Waals surface area contributed by atoms with Crippen LogP contribution in [0.4, 0.5) is 0 Å². The Morgan fingerprint density at radius 3 is 2.73 bits per heavy atom. The van der Waals surface area contributed by atoms with Crippen LogP contribution in [0.1, 0.15) is 29.4 Å². The van der Waals surface area contributed by atoms with Crippen LogP contribution in [0.5, 0.6) is 16.7 Å². The Bertz CT molecular complexity index is 767. The summed E-state index contributed by atoms with van der Waals surface area (Å²) in [6, 6.07) is 7.80. The second-order valence-electron chi connectivity index (χ2n) is 6.87. The van der Waals surface area contributed by atoms with Crippen molar-refractivity contribution in [2.45, 2.75) is 31.8 Å². The molecule has 7 heteroatoms. The van der Waals surface area contributed by atoms with E-state index in [1.807, 2.05) is 12.1 Å². The third-order valence-electron chi connectivity index (χ3n) is 5.43. The quantitative estimate of drug-likeness (QED) is 0.872. The maximum atomic E-state index is 12.7. The van der Waals surface area contributed by atoms with Crippen LogP contribution in [0.15, 0.2) is 30.5 Å². The second kappa shape index (κ2) is 7.25. The number of nitrogens with zero attached hydrogens (tertiary/aromatic N) is 2. The zero-order chi connectivity index (χ0) is 18.1. The van der Waals surface area contributed by atoms with Crippen LogP contribution < -0.4 is 14.8 Å². The number of aromatic nitrogens is 1. The Balaban J connectivity index is 1.40. The second-order valence-corrected chi connectivity index (χ2v) is 7.92. The first kappa shape index (κ1) is 17.3. The van der Waals surface area contributed by atoms with Crippen LogP contribution in [-0.2, 0) is 0 Å². The molecule has 3 fully saturated rings. The highest BCUT2D eigenvalue weighted by molar-refractivity contribution is 7.15. The van der Waals surface area contributed by atoms with E-state index in [4.69, 9.17) is 9.47 Å². The molecule has 0 saturated carbocycles. The molecule has 1 amide bonds. The summed E-state index contributed by atoms with van der Waals surface area (Å²) in [5, 5.41) is 3.90. The van der Waals surface area contributed by atoms with E-state index in [-0.39, 0.29) is 11.9 Å². The third-order valence-corrected chi connectivity index (χ3v) is 6.39. The maximum Gasteiger partial charge on any atom is 0.261 e. The van der Waals surface area contributed by atoms with Crippen LogP contribution >= 0.6 is 11.3 Å². The van der Waals surface area contributed by atoms with Crippen molar-refractivity contribution in [2.75, 3.05) is 20.2 Å². The first-order chi connectivity index (χ1) is 12.6. The molecule has 26 heavy (non-hydrogen) atoms. The molecule has 0 aliphatic carbocycles. The van der Waals surface area contributed by atoms with Crippen molar-refractivity contribution >= 4 is 17.2 Å². The molecule has 3 aliphatic rings. The topological polar surface area (TPSA) is 63.7 Å². The summed E-state index contributed by atoms with van der Waals surface area (Å²) in [6.07, 6.45) is 3.96. The number of piperidine rings is 3. The zero-order valence-electron chi connectivity index (χ0n) is 15.0. The van der Waals surface area contributed by atoms with Crippen LogP contribution in [0.25, 0.3) is 0 Å². The molecule has 2 bridgehead atoms. The van der Waals surface area contributed by atoms with Gasteiger partial charge in [-0.3, -0.25) is 9.69 Å². The number of amides is 1. The van der Waals surface area contributed by atoms with E-state index in [9.17, 15) is 4.79 Å². The molecule has 5 rings (SSSR count). The average molecular weight is 373 g/mol. The molecule has 0 radical (unpaired) electrons. The number of carbonyl (C=O) groups is 1. The number of pyridine rings is 1. The van der Waals surface area contributed by atoms with Crippen LogP contribution in [-0.4, -0.2) is 48.1 Å². The number of nitrogens with one attached hydrogen (secondary N) is 1. The van der Waals surface area contributed by atoms with Gasteiger partial charge in [0.05, 0.1) is 18.2 Å². The molecule has 3 aliphatic heterocycles. The summed E-state index contributed by atoms with van der Waals surface area (Å²) in [4.78, 5) is 20.0. The lowest BCUT2D eigenvalue weighted by molar-refractivity contribution is 0.0218. The fraction of sp³-hybridized carbons (Fsp3) is 0.474. The van der Waals surface area contributed by atoms with Crippen LogP contribution in [0.2, 0.25) is 0 Å². The van der Waals surface area contributed by atoms with Crippen molar-refractivity contribution < 1.29 is 14.3 Å². The fourth-order valence-corrected chi connectivity index (χ4v) is 4.68. The maximum absolute atomic E-state index is 12.7. The predicted molar refractivity (Wildman–Crippen MR) is 100 cm³/mol. The molecule has 2 aromatic rings. The number of carbonyl (C=O) groups excluding carboxylic acids is 1. The highest BCUT2D eigenvalue weighted by atomic mass is 32.1. The minimum Gasteiger partial charge on any atom is -0.495 e. The Hall–Kier alpha value is -2.12. The summed E-state index contributed by atoms with van der Waals surface area (Å²) in [6.45, 7) is 4.53. The summed E-state index contributed by atoms with van der Waals surface area (Å²) >= 11 is 1.34. The molecule has 5 heterocycles. The number of hydrogen-bond donors (Lipinski definition) is 1. The van der Waals surface area contributed by atoms with Crippen molar-refractivity contribution in [3.05, 3.63) is 35.3 Å². The summed E-state index contributed by atoms with van der Waals surface area (Å²) in [5.41, 5.74) is 0. The van der Waals surface area contributed by atoms with E-state index in [1.54, 1.807) is 25.4 Å². The van der Waals surface area contributed by atoms with Gasteiger partial charge >= 0.3 is 0 Å². The van der Waals surface area contributed by atoms with Gasteiger partial charge in [-0.25, -0.2) is 4.98 Å². The fourth-order valence-electron chi connectivity index (χ4n) is 3.92. The highest BCUT2D eigenvalue weighted by Gasteiger charge is 2.40. The van der Waals surface area contributed by atoms with Crippen molar-refractivity contribution in [2.24, 2.45) is 5.92 Å². The van der Waals surface area contributed by atoms with Gasteiger partial charge in [0.15, 0.2) is 5.06 Å². The van der Waals surface area contributed by atoms with Crippen molar-refractivity contribution in [3.8, 4) is 16.7 Å². The largest absolute Gasteiger partial charge is 0.495 e. The van der Waals surface area contributed by atoms with Crippen molar-refractivity contribution in [1.29, 1.82) is 0 Å². The Labute approximate surface area is 157 Å². The van der Waals surface area contributed by atoms with E-state index in [0.29, 0.717) is 33.5 Å². The van der Waals surface area contributed by atoms with Crippen LogP contribution in [0.3, 0.4) is 0 Å². The van der Waals surface area contributed by atoms with E-state index in [1.165, 1.54) is 24.2 Å². The van der Waals surface area contributed by atoms with E-state index in [2.05, 4.69) is 22.1 Å². The first-order valence-electron chi connectivity index (χ1n) is 8.96. The van der Waals surface area contributed by atoms with E-state index in [0.717, 1.165) is 13.1 Å². The van der Waals surface area contributed by atoms with Gasteiger partial charge in [-0.2, -0.15) is 0 Å². The monoisotopic (exact) mass is 373 g/mol.